The Balaban J connectivity index is 1.97. The number of carboxylic acids is 1. The van der Waals surface area contributed by atoms with Crippen molar-refractivity contribution in [1.82, 2.24) is 9.62 Å². The molecule has 11 heteroatoms. The number of hydrogen-bond acceptors (Lipinski definition) is 7. The summed E-state index contributed by atoms with van der Waals surface area (Å²) in [4.78, 5) is 12.7. The molecule has 1 unspecified atom stereocenters. The molecule has 144 valence electrons. The lowest BCUT2D eigenvalue weighted by Crippen LogP contribution is -2.34. The summed E-state index contributed by atoms with van der Waals surface area (Å²) in [5, 5.41) is 19.6. The second-order valence-corrected chi connectivity index (χ2v) is 8.55. The Kier molecular flexibility index (Phi) is 5.20. The third-order valence-electron chi connectivity index (χ3n) is 4.14. The van der Waals surface area contributed by atoms with Crippen molar-refractivity contribution in [2.45, 2.75) is 11.3 Å². The summed E-state index contributed by atoms with van der Waals surface area (Å²) in [5.41, 5.74) is -0.529. The molecule has 0 bridgehead atoms. The Bertz CT molecular complexity index is 1080. The highest BCUT2D eigenvalue weighted by Gasteiger charge is 2.24. The largest absolute Gasteiger partial charge is 0.769 e. The first-order chi connectivity index (χ1) is 12.7. The molecule has 2 aromatic carbocycles. The zero-order valence-corrected chi connectivity index (χ0v) is 15.4. The number of carbonyl (C=O) groups is 1. The molecule has 0 saturated heterocycles. The fraction of sp³-hybridized carbons (Fsp3) is 0.188. The zero-order chi connectivity index (χ0) is 19.8. The van der Waals surface area contributed by atoms with Crippen LogP contribution in [0.1, 0.15) is 16.8 Å². The van der Waals surface area contributed by atoms with Crippen LogP contribution in [0, 0.1) is 0 Å². The average molecular weight is 411 g/mol. The molecule has 1 aliphatic heterocycles. The molecule has 1 heterocycles. The molecule has 27 heavy (non-hydrogen) atoms. The third kappa shape index (κ3) is 3.81. The predicted octanol–water partition coefficient (Wildman–Crippen LogP) is 0.906. The molecule has 1 aliphatic rings. The molecule has 1 atom stereocenters. The van der Waals surface area contributed by atoms with Crippen LogP contribution in [0.15, 0.2) is 46.3 Å². The Labute approximate surface area is 157 Å². The van der Waals surface area contributed by atoms with E-state index < -0.39 is 38.4 Å². The number of fused-ring (bicyclic) bond motifs is 1. The number of rotatable bonds is 6. The fourth-order valence-electron chi connectivity index (χ4n) is 2.80. The van der Waals surface area contributed by atoms with E-state index in [9.17, 15) is 32.2 Å². The van der Waals surface area contributed by atoms with Crippen molar-refractivity contribution in [3.8, 4) is 5.75 Å². The number of sulfonamides is 1. The molecule has 0 spiro atoms. The standard InChI is InChI=1S/C16H16N2O7S2/c19-15-12-4-2-1-3-11(12)14(7-13(15)16(20)21)27(24,25)17-9-18-6-5-10(8-18)26(22)23/h1-4,7-8,17,19H,5-6,9H2,(H,20,21)(H,22,23)/p-1. The number of benzene rings is 2. The summed E-state index contributed by atoms with van der Waals surface area (Å²) in [6.45, 7) is 0.156. The van der Waals surface area contributed by atoms with E-state index in [0.717, 1.165) is 6.07 Å². The minimum atomic E-state index is -4.13. The Morgan fingerprint density at radius 2 is 1.96 bits per heavy atom. The molecule has 0 amide bonds. The number of hydrogen-bond donors (Lipinski definition) is 3. The van der Waals surface area contributed by atoms with E-state index in [4.69, 9.17) is 0 Å². The average Bonchev–Trinajstić information content (AvgIpc) is 3.09. The molecule has 0 radical (unpaired) electrons. The normalized spacial score (nSPS) is 15.7. The summed E-state index contributed by atoms with van der Waals surface area (Å²) in [6.07, 6.45) is 1.63. The van der Waals surface area contributed by atoms with E-state index in [-0.39, 0.29) is 33.7 Å². The summed E-state index contributed by atoms with van der Waals surface area (Å²) < 4.78 is 49.7. The van der Waals surface area contributed by atoms with Crippen molar-refractivity contribution in [3.63, 3.8) is 0 Å². The maximum Gasteiger partial charge on any atom is 0.339 e. The smallest absolute Gasteiger partial charge is 0.339 e. The highest BCUT2D eigenvalue weighted by molar-refractivity contribution is 7.89. The van der Waals surface area contributed by atoms with Gasteiger partial charge in [-0.2, -0.15) is 4.72 Å². The van der Waals surface area contributed by atoms with E-state index in [1.807, 2.05) is 0 Å². The van der Waals surface area contributed by atoms with Crippen LogP contribution < -0.4 is 4.72 Å². The molecule has 0 aromatic heterocycles. The summed E-state index contributed by atoms with van der Waals surface area (Å²) in [7, 11) is -4.13. The van der Waals surface area contributed by atoms with Crippen LogP contribution >= 0.6 is 0 Å². The van der Waals surface area contributed by atoms with E-state index >= 15 is 0 Å². The van der Waals surface area contributed by atoms with E-state index in [1.165, 1.54) is 23.2 Å². The van der Waals surface area contributed by atoms with Crippen molar-refractivity contribution in [2.75, 3.05) is 13.2 Å². The van der Waals surface area contributed by atoms with Gasteiger partial charge in [0.2, 0.25) is 10.0 Å². The number of nitrogens with zero attached hydrogens (tertiary/aromatic N) is 1. The van der Waals surface area contributed by atoms with Crippen LogP contribution in [0.2, 0.25) is 0 Å². The minimum Gasteiger partial charge on any atom is -0.769 e. The Morgan fingerprint density at radius 3 is 2.56 bits per heavy atom. The second-order valence-electron chi connectivity index (χ2n) is 5.82. The van der Waals surface area contributed by atoms with Crippen LogP contribution in [0.5, 0.6) is 5.75 Å². The first-order valence-corrected chi connectivity index (χ1v) is 10.3. The van der Waals surface area contributed by atoms with E-state index in [2.05, 4.69) is 4.72 Å². The molecular weight excluding hydrogens is 396 g/mol. The SMILES string of the molecule is O=C(O)c1cc(S(=O)(=O)NCN2C=C(S(=O)[O-])CC2)c2ccccc2c1O. The summed E-state index contributed by atoms with van der Waals surface area (Å²) in [5.74, 6) is -1.97. The molecule has 2 aromatic rings. The van der Waals surface area contributed by atoms with Gasteiger partial charge in [0, 0.05) is 28.4 Å². The zero-order valence-electron chi connectivity index (χ0n) is 13.8. The van der Waals surface area contributed by atoms with Crippen molar-refractivity contribution in [2.24, 2.45) is 0 Å². The van der Waals surface area contributed by atoms with Crippen LogP contribution in [0.4, 0.5) is 0 Å². The van der Waals surface area contributed by atoms with Crippen molar-refractivity contribution >= 4 is 37.8 Å². The molecule has 0 saturated carbocycles. The van der Waals surface area contributed by atoms with Gasteiger partial charge in [0.25, 0.3) is 0 Å². The van der Waals surface area contributed by atoms with Gasteiger partial charge in [-0.05, 0) is 23.6 Å². The molecule has 3 rings (SSSR count). The number of aromatic hydroxyl groups is 1. The van der Waals surface area contributed by atoms with E-state index in [0.29, 0.717) is 6.54 Å². The number of nitrogens with one attached hydrogen (secondary N) is 1. The summed E-state index contributed by atoms with van der Waals surface area (Å²) in [6, 6.07) is 6.91. The minimum absolute atomic E-state index is 0.0999. The van der Waals surface area contributed by atoms with Gasteiger partial charge >= 0.3 is 5.97 Å². The molecule has 9 nitrogen and oxygen atoms in total. The fourth-order valence-corrected chi connectivity index (χ4v) is 4.52. The maximum atomic E-state index is 12.7. The number of aromatic carboxylic acids is 1. The van der Waals surface area contributed by atoms with Crippen LogP contribution in [-0.2, 0) is 21.1 Å². The van der Waals surface area contributed by atoms with Gasteiger partial charge in [-0.1, -0.05) is 24.3 Å². The first kappa shape index (κ1) is 19.3. The Morgan fingerprint density at radius 1 is 1.30 bits per heavy atom. The predicted molar refractivity (Wildman–Crippen MR) is 96.1 cm³/mol. The molecule has 0 aliphatic carbocycles. The second kappa shape index (κ2) is 7.27. The third-order valence-corrected chi connectivity index (χ3v) is 6.31. The lowest BCUT2D eigenvalue weighted by molar-refractivity contribution is 0.0693. The highest BCUT2D eigenvalue weighted by Crippen LogP contribution is 2.34. The van der Waals surface area contributed by atoms with Crippen LogP contribution in [-0.4, -0.2) is 51.5 Å². The summed E-state index contributed by atoms with van der Waals surface area (Å²) >= 11 is -2.35. The van der Waals surface area contributed by atoms with Crippen LogP contribution in [0.25, 0.3) is 10.8 Å². The highest BCUT2D eigenvalue weighted by atomic mass is 32.2. The quantitative estimate of drug-likeness (QED) is 0.594. The number of phenols is 1. The van der Waals surface area contributed by atoms with E-state index in [1.54, 1.807) is 12.1 Å². The Hall–Kier alpha value is -2.47. The molecule has 3 N–H and O–H groups in total. The first-order valence-electron chi connectivity index (χ1n) is 7.72. The monoisotopic (exact) mass is 411 g/mol. The van der Waals surface area contributed by atoms with Gasteiger partial charge in [0.05, 0.1) is 11.6 Å². The topological polar surface area (TPSA) is 147 Å². The van der Waals surface area contributed by atoms with Gasteiger partial charge < -0.3 is 19.7 Å². The van der Waals surface area contributed by atoms with Gasteiger partial charge in [-0.15, -0.1) is 0 Å². The van der Waals surface area contributed by atoms with Gasteiger partial charge in [0.15, 0.2) is 0 Å². The maximum absolute atomic E-state index is 12.7. The van der Waals surface area contributed by atoms with Gasteiger partial charge in [-0.3, -0.25) is 4.21 Å². The lowest BCUT2D eigenvalue weighted by Gasteiger charge is -2.17. The van der Waals surface area contributed by atoms with Gasteiger partial charge in [0.1, 0.15) is 11.3 Å². The van der Waals surface area contributed by atoms with Crippen molar-refractivity contribution < 1.29 is 32.2 Å². The molecular formula is C16H15N2O7S2-. The van der Waals surface area contributed by atoms with Crippen LogP contribution in [0.3, 0.4) is 0 Å². The van der Waals surface area contributed by atoms with Gasteiger partial charge in [-0.25, -0.2) is 13.2 Å². The van der Waals surface area contributed by atoms with Crippen molar-refractivity contribution in [1.29, 1.82) is 0 Å². The lowest BCUT2D eigenvalue weighted by atomic mass is 10.1. The number of carboxylic acid groups (broad SMARTS) is 1. The molecule has 0 fully saturated rings. The van der Waals surface area contributed by atoms with Crippen molar-refractivity contribution in [3.05, 3.63) is 47.0 Å².